The van der Waals surface area contributed by atoms with Crippen LogP contribution in [0.1, 0.15) is 64.7 Å². The molecule has 16 heavy (non-hydrogen) atoms. The van der Waals surface area contributed by atoms with Crippen molar-refractivity contribution in [2.24, 2.45) is 0 Å². The average molecular weight is 230 g/mol. The van der Waals surface area contributed by atoms with Crippen molar-refractivity contribution in [3.63, 3.8) is 0 Å². The molecule has 0 fully saturated rings. The normalized spacial score (nSPS) is 12.4. The van der Waals surface area contributed by atoms with Gasteiger partial charge in [0.1, 0.15) is 0 Å². The van der Waals surface area contributed by atoms with Gasteiger partial charge < -0.3 is 9.84 Å². The summed E-state index contributed by atoms with van der Waals surface area (Å²) in [7, 11) is 1.44. The van der Waals surface area contributed by atoms with Crippen molar-refractivity contribution in [3.8, 4) is 0 Å². The van der Waals surface area contributed by atoms with Crippen molar-refractivity contribution in [2.45, 2.75) is 70.8 Å². The molecule has 0 aromatic carbocycles. The molecular formula is C13H26O3. The second-order valence-electron chi connectivity index (χ2n) is 4.44. The number of ether oxygens (including phenoxy) is 1. The zero-order valence-corrected chi connectivity index (χ0v) is 10.7. The molecule has 0 bridgehead atoms. The van der Waals surface area contributed by atoms with Gasteiger partial charge in [-0.3, -0.25) is 4.79 Å². The molecule has 0 aliphatic rings. The van der Waals surface area contributed by atoms with E-state index in [2.05, 4.69) is 4.74 Å². The highest BCUT2D eigenvalue weighted by Gasteiger charge is 1.99. The molecule has 0 rings (SSSR count). The standard InChI is InChI=1S/C13H26O3/c1-12(14)10-8-6-4-3-5-7-9-11-13(15)16-2/h12,14H,3-11H2,1-2H3/t12-/m1/s1. The maximum absolute atomic E-state index is 10.8. The van der Waals surface area contributed by atoms with Gasteiger partial charge in [0.15, 0.2) is 0 Å². The fourth-order valence-electron chi connectivity index (χ4n) is 1.70. The first-order valence-electron chi connectivity index (χ1n) is 6.41. The summed E-state index contributed by atoms with van der Waals surface area (Å²) in [5.41, 5.74) is 0. The molecule has 0 unspecified atom stereocenters. The number of esters is 1. The smallest absolute Gasteiger partial charge is 0.305 e. The van der Waals surface area contributed by atoms with Crippen LogP contribution in [0.2, 0.25) is 0 Å². The lowest BCUT2D eigenvalue weighted by molar-refractivity contribution is -0.140. The molecule has 1 atom stereocenters. The summed E-state index contributed by atoms with van der Waals surface area (Å²) >= 11 is 0. The number of unbranched alkanes of at least 4 members (excludes halogenated alkanes) is 6. The Morgan fingerprint density at radius 2 is 1.56 bits per heavy atom. The molecule has 0 saturated carbocycles. The Bertz CT molecular complexity index is 167. The van der Waals surface area contributed by atoms with Crippen LogP contribution in [0.25, 0.3) is 0 Å². The predicted molar refractivity (Wildman–Crippen MR) is 65.2 cm³/mol. The highest BCUT2D eigenvalue weighted by Crippen LogP contribution is 2.10. The van der Waals surface area contributed by atoms with E-state index in [4.69, 9.17) is 5.11 Å². The van der Waals surface area contributed by atoms with Gasteiger partial charge in [-0.25, -0.2) is 0 Å². The fourth-order valence-corrected chi connectivity index (χ4v) is 1.70. The molecule has 0 aliphatic carbocycles. The minimum atomic E-state index is -0.153. The Labute approximate surface area is 99.2 Å². The van der Waals surface area contributed by atoms with Crippen molar-refractivity contribution >= 4 is 5.97 Å². The molecule has 0 spiro atoms. The number of aliphatic hydroxyl groups is 1. The van der Waals surface area contributed by atoms with Gasteiger partial charge in [-0.15, -0.1) is 0 Å². The van der Waals surface area contributed by atoms with Gasteiger partial charge in [-0.1, -0.05) is 38.5 Å². The van der Waals surface area contributed by atoms with Crippen LogP contribution in [0.4, 0.5) is 0 Å². The molecule has 0 heterocycles. The van der Waals surface area contributed by atoms with Crippen molar-refractivity contribution in [3.05, 3.63) is 0 Å². The SMILES string of the molecule is COC(=O)CCCCCCCCC[C@@H](C)O. The average Bonchev–Trinajstić information content (AvgIpc) is 2.26. The quantitative estimate of drug-likeness (QED) is 0.463. The second kappa shape index (κ2) is 10.9. The minimum Gasteiger partial charge on any atom is -0.469 e. The Balaban J connectivity index is 3.01. The van der Waals surface area contributed by atoms with E-state index >= 15 is 0 Å². The first kappa shape index (κ1) is 15.4. The number of carbonyl (C=O) groups excluding carboxylic acids is 1. The third kappa shape index (κ3) is 11.5. The van der Waals surface area contributed by atoms with E-state index in [-0.39, 0.29) is 12.1 Å². The summed E-state index contributed by atoms with van der Waals surface area (Å²) in [6.07, 6.45) is 9.39. The second-order valence-corrected chi connectivity index (χ2v) is 4.44. The summed E-state index contributed by atoms with van der Waals surface area (Å²) < 4.78 is 4.57. The summed E-state index contributed by atoms with van der Waals surface area (Å²) in [6, 6.07) is 0. The number of aliphatic hydroxyl groups excluding tert-OH is 1. The van der Waals surface area contributed by atoms with Gasteiger partial charge in [0.05, 0.1) is 13.2 Å². The lowest BCUT2D eigenvalue weighted by Crippen LogP contribution is -1.99. The van der Waals surface area contributed by atoms with Gasteiger partial charge >= 0.3 is 5.97 Å². The van der Waals surface area contributed by atoms with Crippen LogP contribution in [-0.2, 0) is 9.53 Å². The molecule has 0 radical (unpaired) electrons. The summed E-state index contributed by atoms with van der Waals surface area (Å²) in [5, 5.41) is 9.06. The van der Waals surface area contributed by atoms with Crippen LogP contribution in [0.15, 0.2) is 0 Å². The lowest BCUT2D eigenvalue weighted by atomic mass is 10.1. The van der Waals surface area contributed by atoms with Crippen molar-refractivity contribution in [1.29, 1.82) is 0 Å². The maximum atomic E-state index is 10.8. The van der Waals surface area contributed by atoms with Crippen LogP contribution in [-0.4, -0.2) is 24.3 Å². The number of rotatable bonds is 10. The van der Waals surface area contributed by atoms with E-state index in [1.807, 2.05) is 6.92 Å². The van der Waals surface area contributed by atoms with Crippen molar-refractivity contribution in [2.75, 3.05) is 7.11 Å². The number of carbonyl (C=O) groups is 1. The van der Waals surface area contributed by atoms with Crippen molar-refractivity contribution < 1.29 is 14.6 Å². The molecule has 0 saturated heterocycles. The number of methoxy groups -OCH3 is 1. The minimum absolute atomic E-state index is 0.100. The Morgan fingerprint density at radius 1 is 1.06 bits per heavy atom. The van der Waals surface area contributed by atoms with E-state index in [9.17, 15) is 4.79 Å². The van der Waals surface area contributed by atoms with Crippen LogP contribution in [0.5, 0.6) is 0 Å². The van der Waals surface area contributed by atoms with Crippen LogP contribution >= 0.6 is 0 Å². The van der Waals surface area contributed by atoms with Gasteiger partial charge in [0.2, 0.25) is 0 Å². The highest BCUT2D eigenvalue weighted by atomic mass is 16.5. The molecule has 0 aromatic rings. The third-order valence-corrected chi connectivity index (χ3v) is 2.73. The Hall–Kier alpha value is -0.570. The molecule has 96 valence electrons. The van der Waals surface area contributed by atoms with Crippen molar-refractivity contribution in [1.82, 2.24) is 0 Å². The van der Waals surface area contributed by atoms with Gasteiger partial charge in [-0.2, -0.15) is 0 Å². The summed E-state index contributed by atoms with van der Waals surface area (Å²) in [6.45, 7) is 1.84. The lowest BCUT2D eigenvalue weighted by Gasteiger charge is -2.04. The van der Waals surface area contributed by atoms with Crippen LogP contribution in [0, 0.1) is 0 Å². The van der Waals surface area contributed by atoms with Crippen LogP contribution < -0.4 is 0 Å². The fraction of sp³-hybridized carbons (Fsp3) is 0.923. The number of hydrogen-bond donors (Lipinski definition) is 1. The molecule has 1 N–H and O–H groups in total. The predicted octanol–water partition coefficient (Wildman–Crippen LogP) is 3.05. The van der Waals surface area contributed by atoms with E-state index in [1.165, 1.54) is 32.8 Å². The van der Waals surface area contributed by atoms with Crippen LogP contribution in [0.3, 0.4) is 0 Å². The summed E-state index contributed by atoms with van der Waals surface area (Å²) in [5.74, 6) is -0.100. The maximum Gasteiger partial charge on any atom is 0.305 e. The van der Waals surface area contributed by atoms with E-state index in [0.29, 0.717) is 6.42 Å². The Morgan fingerprint density at radius 3 is 2.06 bits per heavy atom. The number of hydrogen-bond acceptors (Lipinski definition) is 3. The van der Waals surface area contributed by atoms with E-state index in [0.717, 1.165) is 25.7 Å². The zero-order valence-electron chi connectivity index (χ0n) is 10.7. The van der Waals surface area contributed by atoms with Gasteiger partial charge in [-0.05, 0) is 19.8 Å². The van der Waals surface area contributed by atoms with E-state index < -0.39 is 0 Å². The largest absolute Gasteiger partial charge is 0.469 e. The highest BCUT2D eigenvalue weighted by molar-refractivity contribution is 5.68. The molecule has 3 nitrogen and oxygen atoms in total. The first-order valence-corrected chi connectivity index (χ1v) is 6.41. The van der Waals surface area contributed by atoms with Gasteiger partial charge in [0, 0.05) is 6.42 Å². The van der Waals surface area contributed by atoms with E-state index in [1.54, 1.807) is 0 Å². The molecule has 0 amide bonds. The topological polar surface area (TPSA) is 46.5 Å². The molecule has 0 aliphatic heterocycles. The zero-order chi connectivity index (χ0) is 12.2. The molecule has 3 heteroatoms. The van der Waals surface area contributed by atoms with Gasteiger partial charge in [0.25, 0.3) is 0 Å². The summed E-state index contributed by atoms with van der Waals surface area (Å²) in [4.78, 5) is 10.8. The molecule has 0 aromatic heterocycles. The Kier molecular flexibility index (Phi) is 10.5. The monoisotopic (exact) mass is 230 g/mol. The third-order valence-electron chi connectivity index (χ3n) is 2.73. The molecular weight excluding hydrogens is 204 g/mol. The first-order chi connectivity index (χ1) is 7.66.